The van der Waals surface area contributed by atoms with E-state index in [1.807, 2.05) is 6.07 Å². The number of hydrogen-bond donors (Lipinski definition) is 2. The summed E-state index contributed by atoms with van der Waals surface area (Å²) in [4.78, 5) is 8.37. The summed E-state index contributed by atoms with van der Waals surface area (Å²) < 4.78 is 4.99. The van der Waals surface area contributed by atoms with Crippen molar-refractivity contribution in [2.24, 2.45) is 0 Å². The molecule has 1 aromatic heterocycles. The van der Waals surface area contributed by atoms with Crippen LogP contribution in [0.15, 0.2) is 36.7 Å². The second-order valence-corrected chi connectivity index (χ2v) is 4.38. The van der Waals surface area contributed by atoms with Crippen LogP contribution in [0.25, 0.3) is 0 Å². The Balaban J connectivity index is 1.99. The van der Waals surface area contributed by atoms with Crippen LogP contribution in [0.3, 0.4) is 0 Å². The van der Waals surface area contributed by atoms with E-state index in [1.165, 1.54) is 11.9 Å². The van der Waals surface area contributed by atoms with Gasteiger partial charge >= 0.3 is 0 Å². The van der Waals surface area contributed by atoms with E-state index in [1.54, 1.807) is 7.11 Å². The van der Waals surface area contributed by atoms with Crippen molar-refractivity contribution in [3.63, 3.8) is 0 Å². The van der Waals surface area contributed by atoms with E-state index in [0.717, 1.165) is 30.3 Å². The van der Waals surface area contributed by atoms with Crippen LogP contribution in [-0.4, -0.2) is 30.2 Å². The molecule has 0 saturated carbocycles. The van der Waals surface area contributed by atoms with Crippen molar-refractivity contribution in [3.8, 4) is 0 Å². The molecule has 0 amide bonds. The lowest BCUT2D eigenvalue weighted by Gasteiger charge is -2.08. The zero-order chi connectivity index (χ0) is 14.2. The van der Waals surface area contributed by atoms with E-state index in [2.05, 4.69) is 51.8 Å². The molecule has 106 valence electrons. The number of methoxy groups -OCH3 is 1. The van der Waals surface area contributed by atoms with Gasteiger partial charge in [0, 0.05) is 25.4 Å². The monoisotopic (exact) mass is 272 g/mol. The van der Waals surface area contributed by atoms with Crippen molar-refractivity contribution in [1.82, 2.24) is 9.97 Å². The van der Waals surface area contributed by atoms with Crippen LogP contribution < -0.4 is 10.6 Å². The Kier molecular flexibility index (Phi) is 5.32. The summed E-state index contributed by atoms with van der Waals surface area (Å²) in [6.45, 7) is 3.51. The van der Waals surface area contributed by atoms with Crippen molar-refractivity contribution >= 4 is 17.3 Å². The number of aromatic nitrogens is 2. The molecule has 0 aliphatic carbocycles. The number of rotatable bonds is 7. The fourth-order valence-electron chi connectivity index (χ4n) is 1.78. The van der Waals surface area contributed by atoms with Gasteiger partial charge in [-0.1, -0.05) is 19.1 Å². The second kappa shape index (κ2) is 7.45. The smallest absolute Gasteiger partial charge is 0.135 e. The molecule has 0 aliphatic rings. The Morgan fingerprint density at radius 1 is 1.10 bits per heavy atom. The highest BCUT2D eigenvalue weighted by atomic mass is 16.5. The zero-order valence-electron chi connectivity index (χ0n) is 11.9. The molecule has 5 heteroatoms. The van der Waals surface area contributed by atoms with Crippen molar-refractivity contribution in [3.05, 3.63) is 42.2 Å². The lowest BCUT2D eigenvalue weighted by atomic mass is 10.1. The molecule has 0 saturated heterocycles. The van der Waals surface area contributed by atoms with Gasteiger partial charge in [0.1, 0.15) is 18.0 Å². The molecule has 1 aromatic carbocycles. The van der Waals surface area contributed by atoms with Crippen LogP contribution in [-0.2, 0) is 11.2 Å². The molecule has 5 nitrogen and oxygen atoms in total. The Morgan fingerprint density at radius 2 is 1.85 bits per heavy atom. The van der Waals surface area contributed by atoms with E-state index >= 15 is 0 Å². The molecule has 0 radical (unpaired) electrons. The second-order valence-electron chi connectivity index (χ2n) is 4.38. The van der Waals surface area contributed by atoms with E-state index in [4.69, 9.17) is 4.74 Å². The van der Waals surface area contributed by atoms with Crippen LogP contribution >= 0.6 is 0 Å². The number of hydrogen-bond acceptors (Lipinski definition) is 5. The van der Waals surface area contributed by atoms with Gasteiger partial charge in [0.15, 0.2) is 0 Å². The maximum Gasteiger partial charge on any atom is 0.135 e. The van der Waals surface area contributed by atoms with Crippen molar-refractivity contribution in [2.75, 3.05) is 30.9 Å². The molecule has 1 heterocycles. The van der Waals surface area contributed by atoms with Gasteiger partial charge in [-0.25, -0.2) is 9.97 Å². The number of ether oxygens (including phenoxy) is 1. The minimum Gasteiger partial charge on any atom is -0.383 e. The first-order valence-corrected chi connectivity index (χ1v) is 6.72. The van der Waals surface area contributed by atoms with E-state index in [0.29, 0.717) is 6.61 Å². The maximum atomic E-state index is 4.99. The number of nitrogens with zero attached hydrogens (tertiary/aromatic N) is 2. The summed E-state index contributed by atoms with van der Waals surface area (Å²) in [5, 5.41) is 6.44. The third-order valence-electron chi connectivity index (χ3n) is 2.91. The largest absolute Gasteiger partial charge is 0.383 e. The van der Waals surface area contributed by atoms with E-state index in [-0.39, 0.29) is 0 Å². The van der Waals surface area contributed by atoms with Gasteiger partial charge in [-0.05, 0) is 24.1 Å². The van der Waals surface area contributed by atoms with E-state index < -0.39 is 0 Å². The molecule has 2 N–H and O–H groups in total. The molecule has 0 spiro atoms. The lowest BCUT2D eigenvalue weighted by molar-refractivity contribution is 0.210. The van der Waals surface area contributed by atoms with E-state index in [9.17, 15) is 0 Å². The van der Waals surface area contributed by atoms with Gasteiger partial charge < -0.3 is 15.4 Å². The molecule has 0 atom stereocenters. The molecule has 2 aromatic rings. The average Bonchev–Trinajstić information content (AvgIpc) is 2.49. The first-order valence-electron chi connectivity index (χ1n) is 6.72. The fraction of sp³-hybridized carbons (Fsp3) is 0.333. The van der Waals surface area contributed by atoms with Gasteiger partial charge in [0.05, 0.1) is 6.61 Å². The van der Waals surface area contributed by atoms with Gasteiger partial charge in [-0.2, -0.15) is 0 Å². The first-order chi connectivity index (χ1) is 9.81. The van der Waals surface area contributed by atoms with Crippen LogP contribution in [0.2, 0.25) is 0 Å². The highest BCUT2D eigenvalue weighted by molar-refractivity contribution is 5.59. The summed E-state index contributed by atoms with van der Waals surface area (Å²) in [7, 11) is 1.68. The number of aryl methyl sites for hydroxylation is 1. The first kappa shape index (κ1) is 14.3. The van der Waals surface area contributed by atoms with Gasteiger partial charge in [-0.15, -0.1) is 0 Å². The fourth-order valence-corrected chi connectivity index (χ4v) is 1.78. The van der Waals surface area contributed by atoms with Crippen molar-refractivity contribution in [1.29, 1.82) is 0 Å². The zero-order valence-corrected chi connectivity index (χ0v) is 11.9. The topological polar surface area (TPSA) is 59.1 Å². The highest BCUT2D eigenvalue weighted by Crippen LogP contribution is 2.17. The number of nitrogens with one attached hydrogen (secondary N) is 2. The van der Waals surface area contributed by atoms with Gasteiger partial charge in [0.2, 0.25) is 0 Å². The predicted molar refractivity (Wildman–Crippen MR) is 81.5 cm³/mol. The Hall–Kier alpha value is -2.14. The number of anilines is 3. The molecule has 20 heavy (non-hydrogen) atoms. The number of benzene rings is 1. The van der Waals surface area contributed by atoms with Crippen LogP contribution in [0.1, 0.15) is 12.5 Å². The van der Waals surface area contributed by atoms with Gasteiger partial charge in [-0.3, -0.25) is 0 Å². The third kappa shape index (κ3) is 4.20. The summed E-state index contributed by atoms with van der Waals surface area (Å²) in [5.74, 6) is 1.55. The minimum atomic E-state index is 0.644. The highest BCUT2D eigenvalue weighted by Gasteiger charge is 1.99. The quantitative estimate of drug-likeness (QED) is 0.759. The minimum absolute atomic E-state index is 0.644. The third-order valence-corrected chi connectivity index (χ3v) is 2.91. The standard InChI is InChI=1S/C15H20N4O/c1-3-12-4-6-13(7-5-12)19-15-10-14(17-11-18-15)16-8-9-20-2/h4-7,10-11H,3,8-9H2,1-2H3,(H2,16,17,18,19). The molecular weight excluding hydrogens is 252 g/mol. The molecule has 0 aliphatic heterocycles. The molecular formula is C15H20N4O. The van der Waals surface area contributed by atoms with Gasteiger partial charge in [0.25, 0.3) is 0 Å². The maximum absolute atomic E-state index is 4.99. The molecule has 0 bridgehead atoms. The van der Waals surface area contributed by atoms with Crippen molar-refractivity contribution < 1.29 is 4.74 Å². The van der Waals surface area contributed by atoms with Crippen molar-refractivity contribution in [2.45, 2.75) is 13.3 Å². The predicted octanol–water partition coefficient (Wildman–Crippen LogP) is 2.84. The summed E-state index contributed by atoms with van der Waals surface area (Å²) in [6, 6.07) is 10.2. The van der Waals surface area contributed by atoms with Crippen LogP contribution in [0.5, 0.6) is 0 Å². The summed E-state index contributed by atoms with van der Waals surface area (Å²) in [5.41, 5.74) is 2.34. The summed E-state index contributed by atoms with van der Waals surface area (Å²) in [6.07, 6.45) is 2.58. The summed E-state index contributed by atoms with van der Waals surface area (Å²) >= 11 is 0. The molecule has 0 fully saturated rings. The Labute approximate surface area is 119 Å². The van der Waals surface area contributed by atoms with Crippen LogP contribution in [0, 0.1) is 0 Å². The van der Waals surface area contributed by atoms with Crippen LogP contribution in [0.4, 0.5) is 17.3 Å². The normalized spacial score (nSPS) is 10.3. The SMILES string of the molecule is CCc1ccc(Nc2cc(NCCOC)ncn2)cc1. The molecule has 0 unspecified atom stereocenters. The Bertz CT molecular complexity index is 528. The molecule has 2 rings (SSSR count). The lowest BCUT2D eigenvalue weighted by Crippen LogP contribution is -2.09. The Morgan fingerprint density at radius 3 is 2.55 bits per heavy atom. The average molecular weight is 272 g/mol.